The minimum atomic E-state index is -0.359. The molecule has 1 heterocycles. The van der Waals surface area contributed by atoms with Crippen LogP contribution in [0.1, 0.15) is 66.2 Å². The summed E-state index contributed by atoms with van der Waals surface area (Å²) in [6.07, 6.45) is 7.30. The van der Waals surface area contributed by atoms with Crippen LogP contribution in [-0.2, 0) is 0 Å². The van der Waals surface area contributed by atoms with Gasteiger partial charge in [0, 0.05) is 12.1 Å². The summed E-state index contributed by atoms with van der Waals surface area (Å²) in [5.41, 5.74) is 0.127. The molecule has 0 aromatic carbocycles. The monoisotopic (exact) mass is 277 g/mol. The molecule has 1 saturated heterocycles. The van der Waals surface area contributed by atoms with E-state index in [0.29, 0.717) is 17.5 Å². The molecule has 2 aliphatic rings. The maximum Gasteiger partial charge on any atom is 0.105 e. The molecule has 0 radical (unpaired) electrons. The van der Waals surface area contributed by atoms with Gasteiger partial charge in [-0.05, 0) is 70.9 Å². The fourth-order valence-corrected chi connectivity index (χ4v) is 3.42. The quantitative estimate of drug-likeness (QED) is 0.838. The molecule has 1 aliphatic heterocycles. The van der Waals surface area contributed by atoms with E-state index in [0.717, 1.165) is 6.42 Å². The van der Waals surface area contributed by atoms with E-state index in [9.17, 15) is 5.26 Å². The molecule has 1 aliphatic carbocycles. The van der Waals surface area contributed by atoms with Crippen molar-refractivity contribution in [2.24, 2.45) is 5.41 Å². The van der Waals surface area contributed by atoms with E-state index >= 15 is 0 Å². The van der Waals surface area contributed by atoms with Crippen LogP contribution in [0.3, 0.4) is 0 Å². The largest absolute Gasteiger partial charge is 0.301 e. The van der Waals surface area contributed by atoms with Crippen molar-refractivity contribution >= 4 is 0 Å². The van der Waals surface area contributed by atoms with Crippen LogP contribution < -0.4 is 5.32 Å². The van der Waals surface area contributed by atoms with Crippen LogP contribution in [0.2, 0.25) is 0 Å². The molecule has 0 aromatic rings. The molecule has 0 spiro atoms. The van der Waals surface area contributed by atoms with Crippen molar-refractivity contribution in [2.75, 3.05) is 13.1 Å². The summed E-state index contributed by atoms with van der Waals surface area (Å²) in [6, 6.07) is 3.59. The van der Waals surface area contributed by atoms with Crippen molar-refractivity contribution in [3.8, 4) is 6.07 Å². The number of nitrogens with one attached hydrogen (secondary N) is 1. The van der Waals surface area contributed by atoms with E-state index in [1.54, 1.807) is 0 Å². The third-order valence-electron chi connectivity index (χ3n) is 5.05. The first kappa shape index (κ1) is 15.8. The molecule has 0 aromatic heterocycles. The average molecular weight is 277 g/mol. The van der Waals surface area contributed by atoms with Gasteiger partial charge in [-0.1, -0.05) is 13.8 Å². The number of nitriles is 1. The van der Waals surface area contributed by atoms with Crippen molar-refractivity contribution in [3.05, 3.63) is 0 Å². The summed E-state index contributed by atoms with van der Waals surface area (Å²) in [5.74, 6) is 0. The van der Waals surface area contributed by atoms with Crippen LogP contribution in [0, 0.1) is 16.7 Å². The number of rotatable bonds is 5. The Bertz CT molecular complexity index is 367. The summed E-state index contributed by atoms with van der Waals surface area (Å²) in [4.78, 5) is 2.60. The number of hydrogen-bond donors (Lipinski definition) is 1. The van der Waals surface area contributed by atoms with Gasteiger partial charge in [-0.3, -0.25) is 5.32 Å². The van der Waals surface area contributed by atoms with Crippen LogP contribution in [-0.4, -0.2) is 35.6 Å². The molecule has 3 nitrogen and oxygen atoms in total. The van der Waals surface area contributed by atoms with Crippen molar-refractivity contribution in [3.63, 3.8) is 0 Å². The van der Waals surface area contributed by atoms with Gasteiger partial charge in [-0.2, -0.15) is 5.26 Å². The molecule has 3 heteroatoms. The highest BCUT2D eigenvalue weighted by Crippen LogP contribution is 2.31. The molecule has 1 saturated carbocycles. The Morgan fingerprint density at radius 2 is 2.05 bits per heavy atom. The average Bonchev–Trinajstić information content (AvgIpc) is 3.17. The number of hydrogen-bond acceptors (Lipinski definition) is 3. The van der Waals surface area contributed by atoms with Gasteiger partial charge >= 0.3 is 0 Å². The number of nitrogens with zero attached hydrogens (tertiary/aromatic N) is 2. The fourth-order valence-electron chi connectivity index (χ4n) is 3.42. The lowest BCUT2D eigenvalue weighted by Crippen LogP contribution is -2.48. The molecular formula is C17H31N3. The Hall–Kier alpha value is -0.590. The fraction of sp³-hybridized carbons (Fsp3) is 0.941. The molecule has 2 fully saturated rings. The predicted molar refractivity (Wildman–Crippen MR) is 83.5 cm³/mol. The molecule has 2 unspecified atom stereocenters. The van der Waals surface area contributed by atoms with E-state index in [4.69, 9.17) is 0 Å². The second-order valence-corrected chi connectivity index (χ2v) is 7.97. The van der Waals surface area contributed by atoms with E-state index in [1.165, 1.54) is 45.2 Å². The Morgan fingerprint density at radius 1 is 1.35 bits per heavy atom. The second-order valence-electron chi connectivity index (χ2n) is 7.97. The third kappa shape index (κ3) is 4.46. The van der Waals surface area contributed by atoms with Crippen LogP contribution in [0.25, 0.3) is 0 Å². The van der Waals surface area contributed by atoms with Gasteiger partial charge in [0.1, 0.15) is 5.54 Å². The molecule has 1 N–H and O–H groups in total. The Kier molecular flexibility index (Phi) is 4.76. The molecule has 2 atom stereocenters. The first-order valence-electron chi connectivity index (χ1n) is 8.27. The highest BCUT2D eigenvalue weighted by molar-refractivity contribution is 5.08. The van der Waals surface area contributed by atoms with Crippen LogP contribution in [0.5, 0.6) is 0 Å². The Balaban J connectivity index is 1.89. The zero-order valence-corrected chi connectivity index (χ0v) is 13.7. The standard InChI is InChI=1S/C17H31N3/c1-14(12-17(4,13-18)19-15-6-7-15)20-10-5-8-16(2,3)9-11-20/h14-15,19H,5-12H2,1-4H3. The lowest BCUT2D eigenvalue weighted by molar-refractivity contribution is 0.175. The van der Waals surface area contributed by atoms with Crippen molar-refractivity contribution in [1.82, 2.24) is 10.2 Å². The molecule has 20 heavy (non-hydrogen) atoms. The zero-order valence-electron chi connectivity index (χ0n) is 13.7. The minimum Gasteiger partial charge on any atom is -0.301 e. The number of likely N-dealkylation sites (tertiary alicyclic amines) is 1. The summed E-state index contributed by atoms with van der Waals surface area (Å²) >= 11 is 0. The Morgan fingerprint density at radius 3 is 2.65 bits per heavy atom. The lowest BCUT2D eigenvalue weighted by atomic mass is 9.85. The minimum absolute atomic E-state index is 0.359. The highest BCUT2D eigenvalue weighted by Gasteiger charge is 2.35. The van der Waals surface area contributed by atoms with E-state index < -0.39 is 0 Å². The topological polar surface area (TPSA) is 39.1 Å². The maximum absolute atomic E-state index is 9.52. The smallest absolute Gasteiger partial charge is 0.105 e. The predicted octanol–water partition coefficient (Wildman–Crippen LogP) is 3.31. The lowest BCUT2D eigenvalue weighted by Gasteiger charge is -2.34. The SMILES string of the molecule is CC(CC(C)(C#N)NC1CC1)N1CCCC(C)(C)CC1. The van der Waals surface area contributed by atoms with Gasteiger partial charge in [0.25, 0.3) is 0 Å². The van der Waals surface area contributed by atoms with Gasteiger partial charge in [0.2, 0.25) is 0 Å². The van der Waals surface area contributed by atoms with E-state index in [1.807, 2.05) is 0 Å². The molecule has 0 amide bonds. The van der Waals surface area contributed by atoms with Crippen LogP contribution in [0.4, 0.5) is 0 Å². The third-order valence-corrected chi connectivity index (χ3v) is 5.05. The summed E-state index contributed by atoms with van der Waals surface area (Å²) in [7, 11) is 0. The second kappa shape index (κ2) is 6.03. The summed E-state index contributed by atoms with van der Waals surface area (Å²) in [5, 5.41) is 13.0. The maximum atomic E-state index is 9.52. The molecule has 2 rings (SSSR count). The van der Waals surface area contributed by atoms with Crippen molar-refractivity contribution < 1.29 is 0 Å². The van der Waals surface area contributed by atoms with Gasteiger partial charge in [0.15, 0.2) is 0 Å². The summed E-state index contributed by atoms with van der Waals surface area (Å²) < 4.78 is 0. The van der Waals surface area contributed by atoms with Crippen molar-refractivity contribution in [1.29, 1.82) is 5.26 Å². The first-order valence-corrected chi connectivity index (χ1v) is 8.27. The first-order chi connectivity index (χ1) is 9.34. The zero-order chi connectivity index (χ0) is 14.8. The molecular weight excluding hydrogens is 246 g/mol. The van der Waals surface area contributed by atoms with Gasteiger partial charge in [0.05, 0.1) is 6.07 Å². The Labute approximate surface area is 124 Å². The van der Waals surface area contributed by atoms with Crippen LogP contribution in [0.15, 0.2) is 0 Å². The van der Waals surface area contributed by atoms with E-state index in [-0.39, 0.29) is 5.54 Å². The highest BCUT2D eigenvalue weighted by atomic mass is 15.2. The summed E-state index contributed by atoms with van der Waals surface area (Å²) in [6.45, 7) is 11.5. The van der Waals surface area contributed by atoms with Gasteiger partial charge in [-0.25, -0.2) is 0 Å². The van der Waals surface area contributed by atoms with Crippen molar-refractivity contribution in [2.45, 2.75) is 83.8 Å². The van der Waals surface area contributed by atoms with Gasteiger partial charge in [-0.15, -0.1) is 0 Å². The van der Waals surface area contributed by atoms with E-state index in [2.05, 4.69) is 44.0 Å². The normalized spacial score (nSPS) is 28.1. The van der Waals surface area contributed by atoms with Crippen LogP contribution >= 0.6 is 0 Å². The molecule has 114 valence electrons. The molecule has 0 bridgehead atoms. The van der Waals surface area contributed by atoms with Gasteiger partial charge < -0.3 is 4.90 Å².